The van der Waals surface area contributed by atoms with E-state index in [-0.39, 0.29) is 5.54 Å². The highest BCUT2D eigenvalue weighted by molar-refractivity contribution is 5.06. The van der Waals surface area contributed by atoms with Crippen LogP contribution in [0.5, 0.6) is 0 Å². The summed E-state index contributed by atoms with van der Waals surface area (Å²) >= 11 is 0. The fourth-order valence-electron chi connectivity index (χ4n) is 2.79. The average molecular weight is 265 g/mol. The highest BCUT2D eigenvalue weighted by atomic mass is 15.1. The van der Waals surface area contributed by atoms with E-state index >= 15 is 0 Å². The highest BCUT2D eigenvalue weighted by Crippen LogP contribution is 2.27. The molecule has 3 nitrogen and oxygen atoms in total. The van der Waals surface area contributed by atoms with Crippen molar-refractivity contribution >= 4 is 0 Å². The first-order chi connectivity index (χ1) is 9.15. The Morgan fingerprint density at radius 2 is 2.11 bits per heavy atom. The first-order valence-corrected chi connectivity index (χ1v) is 8.00. The third-order valence-corrected chi connectivity index (χ3v) is 4.47. The minimum atomic E-state index is -0.298. The molecule has 1 aliphatic carbocycles. The lowest BCUT2D eigenvalue weighted by atomic mass is 9.85. The van der Waals surface area contributed by atoms with Crippen LogP contribution in [-0.4, -0.2) is 37.1 Å². The zero-order chi connectivity index (χ0) is 14.1. The molecule has 0 radical (unpaired) electrons. The van der Waals surface area contributed by atoms with Crippen LogP contribution in [0.1, 0.15) is 58.8 Å². The van der Waals surface area contributed by atoms with Gasteiger partial charge in [0.05, 0.1) is 6.07 Å². The van der Waals surface area contributed by atoms with E-state index in [0.29, 0.717) is 0 Å². The van der Waals surface area contributed by atoms with E-state index in [1.54, 1.807) is 0 Å². The van der Waals surface area contributed by atoms with Crippen LogP contribution in [-0.2, 0) is 0 Å². The summed E-state index contributed by atoms with van der Waals surface area (Å²) in [6, 6.07) is 2.51. The van der Waals surface area contributed by atoms with Gasteiger partial charge in [0.2, 0.25) is 0 Å². The Labute approximate surface area is 119 Å². The summed E-state index contributed by atoms with van der Waals surface area (Å²) in [4.78, 5) is 2.45. The Hall–Kier alpha value is -0.590. The van der Waals surface area contributed by atoms with Crippen LogP contribution in [0.2, 0.25) is 0 Å². The molecule has 1 unspecified atom stereocenters. The third-order valence-electron chi connectivity index (χ3n) is 4.47. The number of hydrogen-bond donors (Lipinski definition) is 1. The molecule has 110 valence electrons. The van der Waals surface area contributed by atoms with Gasteiger partial charge in [-0.1, -0.05) is 20.3 Å². The first kappa shape index (κ1) is 16.5. The second-order valence-electron chi connectivity index (χ2n) is 6.14. The van der Waals surface area contributed by atoms with Crippen molar-refractivity contribution in [2.45, 2.75) is 64.3 Å². The van der Waals surface area contributed by atoms with Crippen LogP contribution in [0.3, 0.4) is 0 Å². The molecular weight excluding hydrogens is 234 g/mol. The molecule has 19 heavy (non-hydrogen) atoms. The maximum Gasteiger partial charge on any atom is 0.106 e. The predicted octanol–water partition coefficient (Wildman–Crippen LogP) is 3.17. The molecule has 0 aromatic rings. The van der Waals surface area contributed by atoms with E-state index < -0.39 is 0 Å². The summed E-state index contributed by atoms with van der Waals surface area (Å²) in [5.41, 5.74) is -0.298. The first-order valence-electron chi connectivity index (χ1n) is 8.00. The van der Waals surface area contributed by atoms with Gasteiger partial charge < -0.3 is 4.90 Å². The maximum absolute atomic E-state index is 9.43. The summed E-state index contributed by atoms with van der Waals surface area (Å²) in [6.07, 6.45) is 8.32. The number of nitriles is 1. The van der Waals surface area contributed by atoms with E-state index in [1.165, 1.54) is 25.8 Å². The predicted molar refractivity (Wildman–Crippen MR) is 81.0 cm³/mol. The lowest BCUT2D eigenvalue weighted by molar-refractivity contribution is 0.198. The molecule has 1 atom stereocenters. The standard InChI is InChI=1S/C16H31N3/c1-4-11-18-16(5-2,14-17)10-7-12-19(3)13-15-8-6-9-15/h15,18H,4-13H2,1-3H3. The quantitative estimate of drug-likeness (QED) is 0.659. The topological polar surface area (TPSA) is 39.1 Å². The Morgan fingerprint density at radius 3 is 2.58 bits per heavy atom. The smallest absolute Gasteiger partial charge is 0.106 e. The second kappa shape index (κ2) is 8.55. The van der Waals surface area contributed by atoms with Gasteiger partial charge in [0.15, 0.2) is 0 Å². The average Bonchev–Trinajstić information content (AvgIpc) is 2.38. The van der Waals surface area contributed by atoms with Gasteiger partial charge in [-0.2, -0.15) is 5.26 Å². The minimum absolute atomic E-state index is 0.298. The molecule has 0 spiro atoms. The van der Waals surface area contributed by atoms with Crippen LogP contribution in [0, 0.1) is 17.2 Å². The van der Waals surface area contributed by atoms with Crippen molar-refractivity contribution < 1.29 is 0 Å². The SMILES string of the molecule is CCCNC(C#N)(CC)CCCN(C)CC1CCC1. The molecule has 1 fully saturated rings. The van der Waals surface area contributed by atoms with Crippen LogP contribution in [0.4, 0.5) is 0 Å². The third kappa shape index (κ3) is 5.50. The minimum Gasteiger partial charge on any atom is -0.306 e. The summed E-state index contributed by atoms with van der Waals surface area (Å²) in [7, 11) is 2.22. The van der Waals surface area contributed by atoms with Crippen LogP contribution >= 0.6 is 0 Å². The molecule has 0 amide bonds. The molecule has 1 rings (SSSR count). The van der Waals surface area contributed by atoms with E-state index in [1.807, 2.05) is 0 Å². The Morgan fingerprint density at radius 1 is 1.37 bits per heavy atom. The summed E-state index contributed by atoms with van der Waals surface area (Å²) < 4.78 is 0. The second-order valence-corrected chi connectivity index (χ2v) is 6.14. The Kier molecular flexibility index (Phi) is 7.41. The summed E-state index contributed by atoms with van der Waals surface area (Å²) in [5, 5.41) is 12.9. The fourth-order valence-corrected chi connectivity index (χ4v) is 2.79. The van der Waals surface area contributed by atoms with Gasteiger partial charge in [-0.3, -0.25) is 5.32 Å². The van der Waals surface area contributed by atoms with Crippen LogP contribution in [0.15, 0.2) is 0 Å². The van der Waals surface area contributed by atoms with Crippen molar-refractivity contribution in [3.05, 3.63) is 0 Å². The summed E-state index contributed by atoms with van der Waals surface area (Å²) in [5.74, 6) is 0.940. The maximum atomic E-state index is 9.43. The molecule has 0 aromatic carbocycles. The monoisotopic (exact) mass is 265 g/mol. The fraction of sp³-hybridized carbons (Fsp3) is 0.938. The largest absolute Gasteiger partial charge is 0.306 e. The molecular formula is C16H31N3. The molecule has 0 aliphatic heterocycles. The number of rotatable bonds is 10. The van der Waals surface area contributed by atoms with Gasteiger partial charge in [-0.25, -0.2) is 0 Å². The van der Waals surface area contributed by atoms with E-state index in [4.69, 9.17) is 0 Å². The number of nitrogens with zero attached hydrogens (tertiary/aromatic N) is 2. The Balaban J connectivity index is 2.24. The normalized spacial score (nSPS) is 18.9. The number of nitrogens with one attached hydrogen (secondary N) is 1. The molecule has 1 saturated carbocycles. The van der Waals surface area contributed by atoms with E-state index in [2.05, 4.69) is 37.2 Å². The van der Waals surface area contributed by atoms with Gasteiger partial charge in [-0.15, -0.1) is 0 Å². The van der Waals surface area contributed by atoms with E-state index in [9.17, 15) is 5.26 Å². The van der Waals surface area contributed by atoms with Crippen molar-refractivity contribution in [2.24, 2.45) is 5.92 Å². The van der Waals surface area contributed by atoms with Gasteiger partial charge in [0.25, 0.3) is 0 Å². The molecule has 0 aromatic heterocycles. The van der Waals surface area contributed by atoms with Crippen molar-refractivity contribution in [1.82, 2.24) is 10.2 Å². The van der Waals surface area contributed by atoms with Gasteiger partial charge >= 0.3 is 0 Å². The lowest BCUT2D eigenvalue weighted by Crippen LogP contribution is -2.44. The number of hydrogen-bond acceptors (Lipinski definition) is 3. The van der Waals surface area contributed by atoms with Crippen LogP contribution in [0.25, 0.3) is 0 Å². The van der Waals surface area contributed by atoms with Gasteiger partial charge in [-0.05, 0) is 64.6 Å². The van der Waals surface area contributed by atoms with Crippen molar-refractivity contribution in [3.63, 3.8) is 0 Å². The lowest BCUT2D eigenvalue weighted by Gasteiger charge is -2.31. The highest BCUT2D eigenvalue weighted by Gasteiger charge is 2.26. The molecule has 3 heteroatoms. The summed E-state index contributed by atoms with van der Waals surface area (Å²) in [6.45, 7) is 7.57. The molecule has 0 heterocycles. The van der Waals surface area contributed by atoms with Crippen molar-refractivity contribution in [2.75, 3.05) is 26.7 Å². The zero-order valence-corrected chi connectivity index (χ0v) is 13.0. The zero-order valence-electron chi connectivity index (χ0n) is 13.0. The van der Waals surface area contributed by atoms with E-state index in [0.717, 1.165) is 44.7 Å². The van der Waals surface area contributed by atoms with Crippen molar-refractivity contribution in [1.29, 1.82) is 5.26 Å². The van der Waals surface area contributed by atoms with Crippen LogP contribution < -0.4 is 5.32 Å². The molecule has 1 aliphatic rings. The molecule has 0 bridgehead atoms. The molecule has 1 N–H and O–H groups in total. The van der Waals surface area contributed by atoms with Crippen molar-refractivity contribution in [3.8, 4) is 6.07 Å². The van der Waals surface area contributed by atoms with Gasteiger partial charge in [0, 0.05) is 6.54 Å². The molecule has 0 saturated heterocycles. The van der Waals surface area contributed by atoms with Gasteiger partial charge in [0.1, 0.15) is 5.54 Å². The Bertz CT molecular complexity index is 280.